The fourth-order valence-corrected chi connectivity index (χ4v) is 2.27. The Kier molecular flexibility index (Phi) is 3.87. The van der Waals surface area contributed by atoms with Crippen molar-refractivity contribution in [2.24, 2.45) is 4.99 Å². The minimum absolute atomic E-state index is 0.775. The summed E-state index contributed by atoms with van der Waals surface area (Å²) in [6.45, 7) is 0.966. The molecular weight excluding hydrogens is 226 g/mol. The molecule has 3 heteroatoms. The molecule has 0 fully saturated rings. The fourth-order valence-electron chi connectivity index (χ4n) is 1.32. The van der Waals surface area contributed by atoms with Gasteiger partial charge in [-0.25, -0.2) is 0 Å². The Morgan fingerprint density at radius 3 is 2.67 bits per heavy atom. The van der Waals surface area contributed by atoms with Crippen LogP contribution in [0, 0.1) is 0 Å². The van der Waals surface area contributed by atoms with Crippen molar-refractivity contribution in [3.63, 3.8) is 0 Å². The van der Waals surface area contributed by atoms with Gasteiger partial charge in [-0.3, -0.25) is 4.99 Å². The lowest BCUT2D eigenvalue weighted by Crippen LogP contribution is -2.00. The standard InChI is InChI=1S/C12H12ClNS/c13-11-5-2-10(3-6-11)4-7-12-14-8-1-9-15-12/h2-7H,1,8-9H2/b7-4+. The Labute approximate surface area is 99.2 Å². The van der Waals surface area contributed by atoms with Crippen molar-refractivity contribution < 1.29 is 0 Å². The number of hydrogen-bond donors (Lipinski definition) is 0. The van der Waals surface area contributed by atoms with Crippen LogP contribution in [0.1, 0.15) is 12.0 Å². The Bertz CT molecular complexity index is 381. The maximum absolute atomic E-state index is 5.81. The van der Waals surface area contributed by atoms with Gasteiger partial charge in [0, 0.05) is 17.3 Å². The Morgan fingerprint density at radius 2 is 2.00 bits per heavy atom. The van der Waals surface area contributed by atoms with Gasteiger partial charge in [0.25, 0.3) is 0 Å². The SMILES string of the molecule is Clc1ccc(/C=C/C2=NCCCS2)cc1. The average Bonchev–Trinajstić information content (AvgIpc) is 2.30. The lowest BCUT2D eigenvalue weighted by Gasteiger charge is -2.06. The molecule has 1 aliphatic rings. The van der Waals surface area contributed by atoms with Gasteiger partial charge in [-0.2, -0.15) is 0 Å². The van der Waals surface area contributed by atoms with Crippen LogP contribution in [0.5, 0.6) is 0 Å². The van der Waals surface area contributed by atoms with Crippen LogP contribution in [0.25, 0.3) is 6.08 Å². The molecule has 0 radical (unpaired) electrons. The Hall–Kier alpha value is -0.730. The van der Waals surface area contributed by atoms with Gasteiger partial charge in [0.05, 0.1) is 5.04 Å². The van der Waals surface area contributed by atoms with E-state index in [9.17, 15) is 0 Å². The van der Waals surface area contributed by atoms with Crippen molar-refractivity contribution in [3.8, 4) is 0 Å². The largest absolute Gasteiger partial charge is 0.278 e. The maximum atomic E-state index is 5.81. The van der Waals surface area contributed by atoms with E-state index >= 15 is 0 Å². The van der Waals surface area contributed by atoms with Crippen LogP contribution in [0.3, 0.4) is 0 Å². The summed E-state index contributed by atoms with van der Waals surface area (Å²) in [6.07, 6.45) is 5.35. The van der Waals surface area contributed by atoms with Gasteiger partial charge in [-0.05, 0) is 30.2 Å². The van der Waals surface area contributed by atoms with Crippen LogP contribution >= 0.6 is 23.4 Å². The minimum Gasteiger partial charge on any atom is -0.278 e. The highest BCUT2D eigenvalue weighted by molar-refractivity contribution is 8.14. The monoisotopic (exact) mass is 237 g/mol. The first-order valence-corrected chi connectivity index (χ1v) is 6.32. The molecule has 1 heterocycles. The smallest absolute Gasteiger partial charge is 0.0904 e. The van der Waals surface area contributed by atoms with Crippen LogP contribution in [0.2, 0.25) is 5.02 Å². The zero-order valence-corrected chi connectivity index (χ0v) is 9.89. The second-order valence-electron chi connectivity index (χ2n) is 3.31. The Morgan fingerprint density at radius 1 is 1.20 bits per heavy atom. The molecule has 0 spiro atoms. The van der Waals surface area contributed by atoms with Crippen molar-refractivity contribution in [2.75, 3.05) is 12.3 Å². The van der Waals surface area contributed by atoms with Gasteiger partial charge in [-0.15, -0.1) is 11.8 Å². The maximum Gasteiger partial charge on any atom is 0.0904 e. The number of rotatable bonds is 2. The van der Waals surface area contributed by atoms with Gasteiger partial charge in [-0.1, -0.05) is 29.8 Å². The summed E-state index contributed by atoms with van der Waals surface area (Å²) in [5.74, 6) is 1.18. The molecule has 0 atom stereocenters. The molecule has 1 aromatic rings. The highest BCUT2D eigenvalue weighted by atomic mass is 35.5. The molecule has 2 rings (SSSR count). The third kappa shape index (κ3) is 3.40. The number of thioether (sulfide) groups is 1. The quantitative estimate of drug-likeness (QED) is 0.760. The van der Waals surface area contributed by atoms with Crippen LogP contribution in [-0.2, 0) is 0 Å². The molecule has 0 aromatic heterocycles. The van der Waals surface area contributed by atoms with E-state index in [0.29, 0.717) is 0 Å². The molecular formula is C12H12ClNS. The summed E-state index contributed by atoms with van der Waals surface area (Å²) in [4.78, 5) is 4.43. The molecule has 0 saturated heterocycles. The highest BCUT2D eigenvalue weighted by Gasteiger charge is 2.01. The van der Waals surface area contributed by atoms with Gasteiger partial charge in [0.1, 0.15) is 0 Å². The normalized spacial score (nSPS) is 16.7. The van der Waals surface area contributed by atoms with E-state index in [-0.39, 0.29) is 0 Å². The summed E-state index contributed by atoms with van der Waals surface area (Å²) < 4.78 is 0. The first-order valence-electron chi connectivity index (χ1n) is 4.95. The minimum atomic E-state index is 0.775. The van der Waals surface area contributed by atoms with Crippen LogP contribution in [-0.4, -0.2) is 17.3 Å². The van der Waals surface area contributed by atoms with Gasteiger partial charge < -0.3 is 0 Å². The average molecular weight is 238 g/mol. The first-order chi connectivity index (χ1) is 7.34. The molecule has 0 saturated carbocycles. The summed E-state index contributed by atoms with van der Waals surface area (Å²) in [6, 6.07) is 7.81. The number of aliphatic imine (C=N–C) groups is 1. The first kappa shape index (κ1) is 10.8. The van der Waals surface area contributed by atoms with E-state index in [1.54, 1.807) is 0 Å². The predicted molar refractivity (Wildman–Crippen MR) is 69.9 cm³/mol. The zero-order valence-electron chi connectivity index (χ0n) is 8.32. The van der Waals surface area contributed by atoms with Crippen LogP contribution in [0.4, 0.5) is 0 Å². The lowest BCUT2D eigenvalue weighted by molar-refractivity contribution is 0.940. The Balaban J connectivity index is 2.04. The van der Waals surface area contributed by atoms with E-state index in [0.717, 1.165) is 22.2 Å². The zero-order chi connectivity index (χ0) is 10.5. The molecule has 1 nitrogen and oxygen atoms in total. The predicted octanol–water partition coefficient (Wildman–Crippen LogP) is 3.89. The van der Waals surface area contributed by atoms with Crippen molar-refractivity contribution in [1.29, 1.82) is 0 Å². The van der Waals surface area contributed by atoms with E-state index in [1.165, 1.54) is 12.2 Å². The summed E-state index contributed by atoms with van der Waals surface area (Å²) in [7, 11) is 0. The van der Waals surface area contributed by atoms with E-state index in [1.807, 2.05) is 36.0 Å². The van der Waals surface area contributed by atoms with Gasteiger partial charge >= 0.3 is 0 Å². The lowest BCUT2D eigenvalue weighted by atomic mass is 10.2. The summed E-state index contributed by atoms with van der Waals surface area (Å²) >= 11 is 7.63. The number of hydrogen-bond acceptors (Lipinski definition) is 2. The van der Waals surface area contributed by atoms with E-state index in [2.05, 4.69) is 17.1 Å². The second kappa shape index (κ2) is 5.38. The van der Waals surface area contributed by atoms with E-state index in [4.69, 9.17) is 11.6 Å². The number of benzene rings is 1. The fraction of sp³-hybridized carbons (Fsp3) is 0.250. The third-order valence-electron chi connectivity index (χ3n) is 2.11. The number of nitrogens with zero attached hydrogens (tertiary/aromatic N) is 1. The number of halogens is 1. The molecule has 0 N–H and O–H groups in total. The van der Waals surface area contributed by atoms with Gasteiger partial charge in [0.2, 0.25) is 0 Å². The van der Waals surface area contributed by atoms with Crippen molar-refractivity contribution in [1.82, 2.24) is 0 Å². The van der Waals surface area contributed by atoms with Crippen molar-refractivity contribution in [2.45, 2.75) is 6.42 Å². The molecule has 0 amide bonds. The van der Waals surface area contributed by atoms with Gasteiger partial charge in [0.15, 0.2) is 0 Å². The van der Waals surface area contributed by atoms with E-state index < -0.39 is 0 Å². The molecule has 1 aliphatic heterocycles. The summed E-state index contributed by atoms with van der Waals surface area (Å²) in [5, 5.41) is 1.91. The molecule has 0 bridgehead atoms. The molecule has 0 unspecified atom stereocenters. The molecule has 1 aromatic carbocycles. The van der Waals surface area contributed by atoms with Crippen molar-refractivity contribution in [3.05, 3.63) is 40.9 Å². The molecule has 15 heavy (non-hydrogen) atoms. The summed E-state index contributed by atoms with van der Waals surface area (Å²) in [5.41, 5.74) is 1.16. The van der Waals surface area contributed by atoms with Crippen molar-refractivity contribution >= 4 is 34.5 Å². The van der Waals surface area contributed by atoms with Crippen LogP contribution < -0.4 is 0 Å². The van der Waals surface area contributed by atoms with Crippen LogP contribution in [0.15, 0.2) is 35.3 Å². The third-order valence-corrected chi connectivity index (χ3v) is 3.41. The second-order valence-corrected chi connectivity index (χ2v) is 4.86. The topological polar surface area (TPSA) is 12.4 Å². The molecule has 0 aliphatic carbocycles. The highest BCUT2D eigenvalue weighted by Crippen LogP contribution is 2.15. The molecule has 78 valence electrons.